The second-order valence-corrected chi connectivity index (χ2v) is 7.20. The summed E-state index contributed by atoms with van der Waals surface area (Å²) in [5.74, 6) is 0.548. The van der Waals surface area contributed by atoms with Gasteiger partial charge in [-0.25, -0.2) is 4.68 Å². The molecule has 2 aromatic heterocycles. The lowest BCUT2D eigenvalue weighted by atomic mass is 10.2. The standard InChI is InChI=1S/C14H15BrN6O4S/c1-21-13-10(11(15)19-21)12(17-14(18-13)25-2)16-7-8-3-5-9(6-4-8)20-26(22,23)24/h3-6,20H,7H2,1-2H3,(H,16,17,18)(H,22,23,24). The number of hydrogen-bond acceptors (Lipinski definition) is 7. The number of anilines is 2. The number of fused-ring (bicyclic) bond motifs is 1. The van der Waals surface area contributed by atoms with Crippen LogP contribution >= 0.6 is 15.9 Å². The highest BCUT2D eigenvalue weighted by Gasteiger charge is 2.16. The van der Waals surface area contributed by atoms with Crippen LogP contribution in [0.15, 0.2) is 28.9 Å². The minimum atomic E-state index is -4.29. The first-order valence-corrected chi connectivity index (χ1v) is 9.52. The average molecular weight is 443 g/mol. The molecule has 0 aliphatic rings. The highest BCUT2D eigenvalue weighted by atomic mass is 79.9. The molecule has 0 aliphatic heterocycles. The van der Waals surface area contributed by atoms with Gasteiger partial charge in [-0.15, -0.1) is 0 Å². The van der Waals surface area contributed by atoms with Crippen molar-refractivity contribution in [2.45, 2.75) is 6.54 Å². The number of aromatic nitrogens is 4. The molecule has 0 unspecified atom stereocenters. The van der Waals surface area contributed by atoms with Crippen LogP contribution in [0.3, 0.4) is 0 Å². The highest BCUT2D eigenvalue weighted by molar-refractivity contribution is 9.10. The Morgan fingerprint density at radius 3 is 2.58 bits per heavy atom. The summed E-state index contributed by atoms with van der Waals surface area (Å²) in [6, 6.07) is 6.73. The maximum absolute atomic E-state index is 10.8. The SMILES string of the molecule is COc1nc(NCc2ccc(NS(=O)(=O)O)cc2)c2c(Br)nn(C)c2n1. The van der Waals surface area contributed by atoms with Gasteiger partial charge < -0.3 is 10.1 Å². The van der Waals surface area contributed by atoms with Crippen molar-refractivity contribution in [3.8, 4) is 6.01 Å². The van der Waals surface area contributed by atoms with Crippen LogP contribution in [0.4, 0.5) is 11.5 Å². The lowest BCUT2D eigenvalue weighted by Gasteiger charge is -2.09. The van der Waals surface area contributed by atoms with E-state index in [1.807, 2.05) is 4.72 Å². The molecule has 1 aromatic carbocycles. The van der Waals surface area contributed by atoms with Gasteiger partial charge in [0.15, 0.2) is 5.65 Å². The van der Waals surface area contributed by atoms with E-state index in [9.17, 15) is 8.42 Å². The molecule has 0 spiro atoms. The van der Waals surface area contributed by atoms with Crippen molar-refractivity contribution in [3.05, 3.63) is 34.4 Å². The Balaban J connectivity index is 1.83. The van der Waals surface area contributed by atoms with E-state index in [4.69, 9.17) is 9.29 Å². The van der Waals surface area contributed by atoms with E-state index in [0.29, 0.717) is 22.6 Å². The van der Waals surface area contributed by atoms with Gasteiger partial charge in [-0.2, -0.15) is 23.5 Å². The molecule has 0 amide bonds. The van der Waals surface area contributed by atoms with Gasteiger partial charge in [0, 0.05) is 13.6 Å². The molecule has 3 aromatic rings. The Bertz CT molecular complexity index is 1050. The van der Waals surface area contributed by atoms with Crippen LogP contribution in [0.25, 0.3) is 11.0 Å². The molecule has 0 atom stereocenters. The van der Waals surface area contributed by atoms with E-state index in [0.717, 1.165) is 10.9 Å². The minimum Gasteiger partial charge on any atom is -0.467 e. The smallest absolute Gasteiger partial charge is 0.357 e. The van der Waals surface area contributed by atoms with Crippen LogP contribution in [0.1, 0.15) is 5.56 Å². The first-order valence-electron chi connectivity index (χ1n) is 7.29. The summed E-state index contributed by atoms with van der Waals surface area (Å²) in [5, 5.41) is 8.19. The number of rotatable bonds is 6. The summed E-state index contributed by atoms with van der Waals surface area (Å²) in [5.41, 5.74) is 1.74. The molecular weight excluding hydrogens is 428 g/mol. The number of aryl methyl sites for hydroxylation is 1. The first kappa shape index (κ1) is 18.4. The van der Waals surface area contributed by atoms with E-state index in [1.165, 1.54) is 7.11 Å². The quantitative estimate of drug-likeness (QED) is 0.493. The summed E-state index contributed by atoms with van der Waals surface area (Å²) >= 11 is 3.40. The second-order valence-electron chi connectivity index (χ2n) is 5.30. The molecule has 0 aliphatic carbocycles. The van der Waals surface area contributed by atoms with Crippen LogP contribution in [0.2, 0.25) is 0 Å². The molecule has 3 N–H and O–H groups in total. The van der Waals surface area contributed by atoms with E-state index in [-0.39, 0.29) is 11.7 Å². The van der Waals surface area contributed by atoms with Crippen LogP contribution < -0.4 is 14.8 Å². The third kappa shape index (κ3) is 4.03. The van der Waals surface area contributed by atoms with E-state index in [1.54, 1.807) is 36.0 Å². The molecular formula is C14H15BrN6O4S. The Morgan fingerprint density at radius 1 is 1.27 bits per heavy atom. The molecule has 2 heterocycles. The number of benzene rings is 1. The maximum Gasteiger partial charge on any atom is 0.357 e. The topological polar surface area (TPSA) is 131 Å². The van der Waals surface area contributed by atoms with E-state index >= 15 is 0 Å². The van der Waals surface area contributed by atoms with Crippen molar-refractivity contribution in [3.63, 3.8) is 0 Å². The third-order valence-corrected chi connectivity index (χ3v) is 4.51. The molecule has 0 saturated carbocycles. The number of methoxy groups -OCH3 is 1. The fourth-order valence-electron chi connectivity index (χ4n) is 2.33. The zero-order valence-electron chi connectivity index (χ0n) is 13.8. The number of nitrogens with one attached hydrogen (secondary N) is 2. The Labute approximate surface area is 157 Å². The van der Waals surface area contributed by atoms with E-state index in [2.05, 4.69) is 36.3 Å². The monoisotopic (exact) mass is 442 g/mol. The molecule has 0 fully saturated rings. The molecule has 0 saturated heterocycles. The molecule has 0 bridgehead atoms. The number of nitrogens with zero attached hydrogens (tertiary/aromatic N) is 4. The summed E-state index contributed by atoms with van der Waals surface area (Å²) in [6.45, 7) is 0.419. The Kier molecular flexibility index (Phi) is 4.98. The largest absolute Gasteiger partial charge is 0.467 e. The summed E-state index contributed by atoms with van der Waals surface area (Å²) in [7, 11) is -1.04. The second kappa shape index (κ2) is 7.05. The predicted molar refractivity (Wildman–Crippen MR) is 99.5 cm³/mol. The molecule has 138 valence electrons. The van der Waals surface area contributed by atoms with Crippen molar-refractivity contribution in [2.24, 2.45) is 7.05 Å². The van der Waals surface area contributed by atoms with Gasteiger partial charge in [0.1, 0.15) is 10.4 Å². The van der Waals surface area contributed by atoms with Crippen LogP contribution in [0, 0.1) is 0 Å². The summed E-state index contributed by atoms with van der Waals surface area (Å²) < 4.78 is 39.7. The lowest BCUT2D eigenvalue weighted by molar-refractivity contribution is 0.381. The van der Waals surface area contributed by atoms with Crippen molar-refractivity contribution in [1.82, 2.24) is 19.7 Å². The number of ether oxygens (including phenoxy) is 1. The van der Waals surface area contributed by atoms with Gasteiger partial charge in [-0.1, -0.05) is 12.1 Å². The summed E-state index contributed by atoms with van der Waals surface area (Å²) in [4.78, 5) is 8.61. The van der Waals surface area contributed by atoms with Crippen molar-refractivity contribution >= 4 is 48.8 Å². The van der Waals surface area contributed by atoms with Crippen molar-refractivity contribution < 1.29 is 17.7 Å². The first-order chi connectivity index (χ1) is 12.3. The zero-order valence-corrected chi connectivity index (χ0v) is 16.2. The lowest BCUT2D eigenvalue weighted by Crippen LogP contribution is -2.10. The van der Waals surface area contributed by atoms with Crippen LogP contribution in [0.5, 0.6) is 6.01 Å². The molecule has 10 nitrogen and oxygen atoms in total. The third-order valence-electron chi connectivity index (χ3n) is 3.46. The zero-order chi connectivity index (χ0) is 18.9. The fraction of sp³-hybridized carbons (Fsp3) is 0.214. The maximum atomic E-state index is 10.8. The number of hydrogen-bond donors (Lipinski definition) is 3. The number of halogens is 1. The Morgan fingerprint density at radius 2 is 1.96 bits per heavy atom. The molecule has 3 rings (SSSR count). The van der Waals surface area contributed by atoms with Crippen LogP contribution in [-0.4, -0.2) is 39.8 Å². The highest BCUT2D eigenvalue weighted by Crippen LogP contribution is 2.29. The van der Waals surface area contributed by atoms with Gasteiger partial charge in [-0.3, -0.25) is 9.27 Å². The average Bonchev–Trinajstić information content (AvgIpc) is 2.87. The van der Waals surface area contributed by atoms with Gasteiger partial charge in [0.25, 0.3) is 0 Å². The minimum absolute atomic E-state index is 0.211. The predicted octanol–water partition coefficient (Wildman–Crippen LogP) is 1.96. The molecule has 0 radical (unpaired) electrons. The molecule has 12 heteroatoms. The normalized spacial score (nSPS) is 11.5. The summed E-state index contributed by atoms with van der Waals surface area (Å²) in [6.07, 6.45) is 0. The van der Waals surface area contributed by atoms with Gasteiger partial charge in [0.2, 0.25) is 0 Å². The van der Waals surface area contributed by atoms with Crippen LogP contribution in [-0.2, 0) is 23.9 Å². The van der Waals surface area contributed by atoms with Gasteiger partial charge in [-0.05, 0) is 33.6 Å². The van der Waals surface area contributed by atoms with Gasteiger partial charge >= 0.3 is 16.3 Å². The van der Waals surface area contributed by atoms with Crippen molar-refractivity contribution in [1.29, 1.82) is 0 Å². The molecule has 26 heavy (non-hydrogen) atoms. The Hall–Kier alpha value is -2.44. The van der Waals surface area contributed by atoms with E-state index < -0.39 is 10.3 Å². The van der Waals surface area contributed by atoms with Crippen molar-refractivity contribution in [2.75, 3.05) is 17.1 Å². The van der Waals surface area contributed by atoms with Gasteiger partial charge in [0.05, 0.1) is 18.2 Å². The fourth-order valence-corrected chi connectivity index (χ4v) is 3.36.